The van der Waals surface area contributed by atoms with E-state index in [0.717, 1.165) is 31.7 Å². The molecular formula is C14H21FN2O2S. The summed E-state index contributed by atoms with van der Waals surface area (Å²) in [6.07, 6.45) is 3.66. The van der Waals surface area contributed by atoms with Gasteiger partial charge in [0.15, 0.2) is 0 Å². The first-order chi connectivity index (χ1) is 9.21. The maximum atomic E-state index is 13.4. The summed E-state index contributed by atoms with van der Waals surface area (Å²) in [6.45, 7) is 4.26. The van der Waals surface area contributed by atoms with E-state index in [0.29, 0.717) is 0 Å². The lowest BCUT2D eigenvalue weighted by atomic mass is 9.75. The zero-order valence-corrected chi connectivity index (χ0v) is 12.6. The summed E-state index contributed by atoms with van der Waals surface area (Å²) in [4.78, 5) is -0.180. The zero-order valence-electron chi connectivity index (χ0n) is 11.8. The Balaban J connectivity index is 2.21. The summed E-state index contributed by atoms with van der Waals surface area (Å²) in [5, 5.41) is 0. The Kier molecular flexibility index (Phi) is 4.07. The van der Waals surface area contributed by atoms with Crippen molar-refractivity contribution in [2.45, 2.75) is 50.5 Å². The summed E-state index contributed by atoms with van der Waals surface area (Å²) in [7, 11) is -3.78. The van der Waals surface area contributed by atoms with E-state index in [2.05, 4.69) is 18.6 Å². The van der Waals surface area contributed by atoms with Crippen LogP contribution in [0.3, 0.4) is 0 Å². The SMILES string of the molecule is CC1(C)CCCC(NS(=O)(=O)c2cccc(F)c2N)C1. The van der Waals surface area contributed by atoms with Crippen LogP contribution in [-0.2, 0) is 10.0 Å². The molecule has 1 aromatic carbocycles. The number of nitrogen functional groups attached to an aromatic ring is 1. The minimum atomic E-state index is -3.78. The van der Waals surface area contributed by atoms with Crippen LogP contribution in [-0.4, -0.2) is 14.5 Å². The van der Waals surface area contributed by atoms with Crippen molar-refractivity contribution >= 4 is 15.7 Å². The van der Waals surface area contributed by atoms with Gasteiger partial charge in [0.2, 0.25) is 10.0 Å². The van der Waals surface area contributed by atoms with Crippen molar-refractivity contribution < 1.29 is 12.8 Å². The lowest BCUT2D eigenvalue weighted by Gasteiger charge is -2.35. The average Bonchev–Trinajstić information content (AvgIpc) is 2.30. The van der Waals surface area contributed by atoms with Crippen LogP contribution in [0.1, 0.15) is 39.5 Å². The van der Waals surface area contributed by atoms with Gasteiger partial charge in [0.05, 0.1) is 5.69 Å². The van der Waals surface area contributed by atoms with E-state index in [1.54, 1.807) is 0 Å². The second-order valence-electron chi connectivity index (χ2n) is 6.23. The first kappa shape index (κ1) is 15.3. The molecule has 0 saturated heterocycles. The van der Waals surface area contributed by atoms with E-state index in [1.165, 1.54) is 12.1 Å². The molecule has 0 spiro atoms. The smallest absolute Gasteiger partial charge is 0.242 e. The molecular weight excluding hydrogens is 279 g/mol. The van der Waals surface area contributed by atoms with E-state index >= 15 is 0 Å². The molecule has 20 heavy (non-hydrogen) atoms. The molecule has 1 saturated carbocycles. The molecule has 1 atom stereocenters. The van der Waals surface area contributed by atoms with Crippen LogP contribution in [0.2, 0.25) is 0 Å². The molecule has 1 aliphatic carbocycles. The largest absolute Gasteiger partial charge is 0.395 e. The molecule has 0 radical (unpaired) electrons. The third kappa shape index (κ3) is 3.30. The third-order valence-corrected chi connectivity index (χ3v) is 5.41. The van der Waals surface area contributed by atoms with E-state index < -0.39 is 15.8 Å². The Hall–Kier alpha value is -1.14. The number of nitrogens with one attached hydrogen (secondary N) is 1. The number of para-hydroxylation sites is 1. The standard InChI is InChI=1S/C14H21FN2O2S/c1-14(2)8-4-5-10(9-14)17-20(18,19)12-7-3-6-11(15)13(12)16/h3,6-7,10,17H,4-5,8-9,16H2,1-2H3. The van der Waals surface area contributed by atoms with E-state index in [1.807, 2.05) is 0 Å². The first-order valence-electron chi connectivity index (χ1n) is 6.78. The van der Waals surface area contributed by atoms with Crippen molar-refractivity contribution in [3.8, 4) is 0 Å². The zero-order chi connectivity index (χ0) is 15.0. The average molecular weight is 300 g/mol. The van der Waals surface area contributed by atoms with Gasteiger partial charge >= 0.3 is 0 Å². The molecule has 1 unspecified atom stereocenters. The van der Waals surface area contributed by atoms with E-state index in [4.69, 9.17) is 5.73 Å². The molecule has 1 aliphatic rings. The van der Waals surface area contributed by atoms with Crippen molar-refractivity contribution in [2.24, 2.45) is 5.41 Å². The number of benzene rings is 1. The van der Waals surface area contributed by atoms with E-state index in [-0.39, 0.29) is 22.0 Å². The van der Waals surface area contributed by atoms with Gasteiger partial charge in [-0.05, 0) is 36.8 Å². The number of halogens is 1. The lowest BCUT2D eigenvalue weighted by molar-refractivity contribution is 0.212. The van der Waals surface area contributed by atoms with Gasteiger partial charge in [0.25, 0.3) is 0 Å². The number of anilines is 1. The van der Waals surface area contributed by atoms with Crippen LogP contribution < -0.4 is 10.5 Å². The number of sulfonamides is 1. The second kappa shape index (κ2) is 5.33. The van der Waals surface area contributed by atoms with Crippen LogP contribution in [0.25, 0.3) is 0 Å². The fourth-order valence-electron chi connectivity index (χ4n) is 2.83. The molecule has 3 N–H and O–H groups in total. The summed E-state index contributed by atoms with van der Waals surface area (Å²) < 4.78 is 40.7. The van der Waals surface area contributed by atoms with Gasteiger partial charge in [-0.25, -0.2) is 17.5 Å². The second-order valence-corrected chi connectivity index (χ2v) is 7.91. The quantitative estimate of drug-likeness (QED) is 0.843. The predicted molar refractivity (Wildman–Crippen MR) is 77.2 cm³/mol. The van der Waals surface area contributed by atoms with Gasteiger partial charge in [-0.1, -0.05) is 26.3 Å². The number of hydrogen-bond donors (Lipinski definition) is 2. The van der Waals surface area contributed by atoms with Gasteiger partial charge in [-0.3, -0.25) is 0 Å². The van der Waals surface area contributed by atoms with Gasteiger partial charge in [-0.15, -0.1) is 0 Å². The highest BCUT2D eigenvalue weighted by Crippen LogP contribution is 2.35. The minimum absolute atomic E-state index is 0.119. The predicted octanol–water partition coefficient (Wildman–Crippen LogP) is 2.66. The molecule has 2 rings (SSSR count). The molecule has 1 aromatic rings. The highest BCUT2D eigenvalue weighted by atomic mass is 32.2. The molecule has 0 heterocycles. The Morgan fingerprint density at radius 2 is 2.10 bits per heavy atom. The third-order valence-electron chi connectivity index (χ3n) is 3.83. The molecule has 6 heteroatoms. The van der Waals surface area contributed by atoms with Gasteiger partial charge in [0, 0.05) is 6.04 Å². The molecule has 0 aliphatic heterocycles. The summed E-state index contributed by atoms with van der Waals surface area (Å²) >= 11 is 0. The Morgan fingerprint density at radius 1 is 1.40 bits per heavy atom. The maximum absolute atomic E-state index is 13.4. The molecule has 0 bridgehead atoms. The number of rotatable bonds is 3. The van der Waals surface area contributed by atoms with Crippen molar-refractivity contribution in [1.82, 2.24) is 4.72 Å². The molecule has 112 valence electrons. The van der Waals surface area contributed by atoms with Crippen molar-refractivity contribution in [1.29, 1.82) is 0 Å². The van der Waals surface area contributed by atoms with Gasteiger partial charge in [-0.2, -0.15) is 0 Å². The van der Waals surface area contributed by atoms with Gasteiger partial charge in [0.1, 0.15) is 10.7 Å². The monoisotopic (exact) mass is 300 g/mol. The summed E-state index contributed by atoms with van der Waals surface area (Å²) in [5.41, 5.74) is 5.33. The number of nitrogens with two attached hydrogens (primary N) is 1. The normalized spacial score (nSPS) is 22.6. The fourth-order valence-corrected chi connectivity index (χ4v) is 4.24. The van der Waals surface area contributed by atoms with Crippen molar-refractivity contribution in [3.05, 3.63) is 24.0 Å². The maximum Gasteiger partial charge on any atom is 0.242 e. The topological polar surface area (TPSA) is 72.2 Å². The van der Waals surface area contributed by atoms with Crippen molar-refractivity contribution in [2.75, 3.05) is 5.73 Å². The molecule has 4 nitrogen and oxygen atoms in total. The van der Waals surface area contributed by atoms with Crippen LogP contribution in [0.5, 0.6) is 0 Å². The van der Waals surface area contributed by atoms with Crippen molar-refractivity contribution in [3.63, 3.8) is 0 Å². The van der Waals surface area contributed by atoms with Crippen LogP contribution in [0, 0.1) is 11.2 Å². The van der Waals surface area contributed by atoms with Gasteiger partial charge < -0.3 is 5.73 Å². The Bertz CT molecular complexity index is 599. The summed E-state index contributed by atoms with van der Waals surface area (Å²) in [5.74, 6) is -0.711. The highest BCUT2D eigenvalue weighted by Gasteiger charge is 2.31. The first-order valence-corrected chi connectivity index (χ1v) is 8.26. The molecule has 0 aromatic heterocycles. The Labute approximate surface area is 119 Å². The van der Waals surface area contributed by atoms with Crippen LogP contribution in [0.4, 0.5) is 10.1 Å². The molecule has 0 amide bonds. The minimum Gasteiger partial charge on any atom is -0.395 e. The highest BCUT2D eigenvalue weighted by molar-refractivity contribution is 7.89. The fraction of sp³-hybridized carbons (Fsp3) is 0.571. The molecule has 1 fully saturated rings. The van der Waals surface area contributed by atoms with Crippen LogP contribution in [0.15, 0.2) is 23.1 Å². The number of hydrogen-bond acceptors (Lipinski definition) is 3. The lowest BCUT2D eigenvalue weighted by Crippen LogP contribution is -2.40. The summed E-state index contributed by atoms with van der Waals surface area (Å²) in [6, 6.07) is 3.71. The van der Waals surface area contributed by atoms with Crippen LogP contribution >= 0.6 is 0 Å². The van der Waals surface area contributed by atoms with E-state index in [9.17, 15) is 12.8 Å². The Morgan fingerprint density at radius 3 is 2.75 bits per heavy atom.